The van der Waals surface area contributed by atoms with E-state index >= 15 is 4.39 Å². The zero-order chi connectivity index (χ0) is 28.9. The van der Waals surface area contributed by atoms with Gasteiger partial charge in [0.1, 0.15) is 41.2 Å². The molecule has 0 spiro atoms. The highest BCUT2D eigenvalue weighted by Crippen LogP contribution is 2.36. The van der Waals surface area contributed by atoms with Crippen molar-refractivity contribution in [2.24, 2.45) is 0 Å². The fourth-order valence-electron chi connectivity index (χ4n) is 4.26. The standard InChI is InChI=1S/C31H33F2NO5S/c1-5-37-28(35)17-21-9-6-7-12-27(21)39-19-20-15-22-13-14-38-30(22)25(16-20)23-10-8-11-24(29(23)33)26(18-32)34-40(36)31(2,3)4/h6-16,26,34H,5,17-19H2,1-4H3. The Bertz CT molecular complexity index is 1470. The molecule has 3 aromatic carbocycles. The fourth-order valence-corrected chi connectivity index (χ4v) is 5.06. The SMILES string of the molecule is CCOC(=O)Cc1ccccc1OCc1cc(-c2cccc(C(CF)N[S+]([O-])C(C)(C)C)c2F)c2occc2c1. The van der Waals surface area contributed by atoms with Crippen LogP contribution >= 0.6 is 0 Å². The number of halogens is 2. The van der Waals surface area contributed by atoms with Crippen molar-refractivity contribution >= 4 is 28.3 Å². The Morgan fingerprint density at radius 2 is 1.88 bits per heavy atom. The van der Waals surface area contributed by atoms with Gasteiger partial charge in [0.15, 0.2) is 0 Å². The Hall–Kier alpha value is -3.40. The number of ether oxygens (including phenoxy) is 2. The molecule has 0 amide bonds. The maximum atomic E-state index is 16.0. The van der Waals surface area contributed by atoms with Gasteiger partial charge >= 0.3 is 5.97 Å². The van der Waals surface area contributed by atoms with Crippen LogP contribution in [0.25, 0.3) is 22.1 Å². The monoisotopic (exact) mass is 569 g/mol. The number of furan rings is 1. The van der Waals surface area contributed by atoms with Crippen LogP contribution in [-0.4, -0.2) is 28.6 Å². The zero-order valence-electron chi connectivity index (χ0n) is 23.0. The van der Waals surface area contributed by atoms with E-state index in [9.17, 15) is 13.7 Å². The minimum atomic E-state index is -1.60. The molecule has 0 saturated heterocycles. The number of benzene rings is 3. The summed E-state index contributed by atoms with van der Waals surface area (Å²) in [7, 11) is 0. The quantitative estimate of drug-likeness (QED) is 0.155. The molecule has 40 heavy (non-hydrogen) atoms. The summed E-state index contributed by atoms with van der Waals surface area (Å²) >= 11 is -1.60. The van der Waals surface area contributed by atoms with Gasteiger partial charge in [0.05, 0.1) is 19.3 Å². The molecule has 4 rings (SSSR count). The van der Waals surface area contributed by atoms with E-state index < -0.39 is 34.6 Å². The Morgan fingerprint density at radius 3 is 2.60 bits per heavy atom. The number of rotatable bonds is 11. The van der Waals surface area contributed by atoms with Crippen molar-refractivity contribution in [2.75, 3.05) is 13.3 Å². The first-order valence-electron chi connectivity index (χ1n) is 13.0. The van der Waals surface area contributed by atoms with E-state index in [2.05, 4.69) is 4.72 Å². The highest BCUT2D eigenvalue weighted by molar-refractivity contribution is 7.90. The van der Waals surface area contributed by atoms with Gasteiger partial charge in [0.2, 0.25) is 0 Å². The maximum absolute atomic E-state index is 16.0. The Labute approximate surface area is 236 Å². The van der Waals surface area contributed by atoms with Crippen molar-refractivity contribution in [2.45, 2.75) is 51.5 Å². The van der Waals surface area contributed by atoms with Crippen LogP contribution in [0.2, 0.25) is 0 Å². The molecule has 6 nitrogen and oxygen atoms in total. The number of hydrogen-bond donors (Lipinski definition) is 1. The van der Waals surface area contributed by atoms with Crippen LogP contribution in [-0.2, 0) is 33.9 Å². The first kappa shape index (κ1) is 29.6. The molecule has 2 unspecified atom stereocenters. The molecule has 0 aliphatic carbocycles. The third kappa shape index (κ3) is 6.83. The van der Waals surface area contributed by atoms with Crippen molar-refractivity contribution in [1.29, 1.82) is 0 Å². The molecular weight excluding hydrogens is 536 g/mol. The molecule has 1 aromatic heterocycles. The van der Waals surface area contributed by atoms with E-state index in [1.807, 2.05) is 18.2 Å². The van der Waals surface area contributed by atoms with Crippen molar-refractivity contribution in [3.8, 4) is 16.9 Å². The molecule has 4 aromatic rings. The number of nitrogens with one attached hydrogen (secondary N) is 1. The van der Waals surface area contributed by atoms with E-state index in [1.54, 1.807) is 64.1 Å². The molecule has 0 radical (unpaired) electrons. The predicted octanol–water partition coefficient (Wildman–Crippen LogP) is 6.99. The van der Waals surface area contributed by atoms with Gasteiger partial charge in [-0.05, 0) is 57.5 Å². The van der Waals surface area contributed by atoms with Crippen LogP contribution in [0.15, 0.2) is 71.3 Å². The Morgan fingerprint density at radius 1 is 1.10 bits per heavy atom. The first-order valence-corrected chi connectivity index (χ1v) is 14.2. The summed E-state index contributed by atoms with van der Waals surface area (Å²) in [6.07, 6.45) is 1.60. The fraction of sp³-hybridized carbons (Fsp3) is 0.323. The molecule has 212 valence electrons. The molecule has 0 saturated carbocycles. The maximum Gasteiger partial charge on any atom is 0.310 e. The molecule has 0 aliphatic rings. The third-order valence-electron chi connectivity index (χ3n) is 6.27. The van der Waals surface area contributed by atoms with Crippen molar-refractivity contribution < 1.29 is 32.0 Å². The molecule has 1 heterocycles. The van der Waals surface area contributed by atoms with Crippen LogP contribution in [0.4, 0.5) is 8.78 Å². The summed E-state index contributed by atoms with van der Waals surface area (Å²) in [6.45, 7) is 6.54. The normalized spacial score (nSPS) is 13.3. The minimum absolute atomic E-state index is 0.0758. The van der Waals surface area contributed by atoms with E-state index in [1.165, 1.54) is 12.3 Å². The third-order valence-corrected chi connectivity index (χ3v) is 7.88. The smallest absolute Gasteiger partial charge is 0.310 e. The molecule has 9 heteroatoms. The minimum Gasteiger partial charge on any atom is -0.598 e. The average Bonchev–Trinajstić information content (AvgIpc) is 3.39. The van der Waals surface area contributed by atoms with E-state index in [-0.39, 0.29) is 30.1 Å². The number of esters is 1. The molecule has 0 fully saturated rings. The Balaban J connectivity index is 1.65. The van der Waals surface area contributed by atoms with Crippen molar-refractivity contribution in [3.63, 3.8) is 0 Å². The zero-order valence-corrected chi connectivity index (χ0v) is 23.8. The number of carbonyl (C=O) groups is 1. The molecule has 0 bridgehead atoms. The summed E-state index contributed by atoms with van der Waals surface area (Å²) in [5, 5.41) is 0.745. The second kappa shape index (κ2) is 12.8. The van der Waals surface area contributed by atoms with Gasteiger partial charge < -0.3 is 18.4 Å². The lowest BCUT2D eigenvalue weighted by molar-refractivity contribution is -0.142. The van der Waals surface area contributed by atoms with Gasteiger partial charge in [-0.3, -0.25) is 4.79 Å². The summed E-state index contributed by atoms with van der Waals surface area (Å²) in [6, 6.07) is 16.3. The number of alkyl halides is 1. The van der Waals surface area contributed by atoms with Gasteiger partial charge in [0.25, 0.3) is 0 Å². The topological polar surface area (TPSA) is 83.8 Å². The number of hydrogen-bond acceptors (Lipinski definition) is 6. The molecule has 0 aliphatic heterocycles. The van der Waals surface area contributed by atoms with Crippen LogP contribution < -0.4 is 9.46 Å². The van der Waals surface area contributed by atoms with Crippen molar-refractivity contribution in [1.82, 2.24) is 4.72 Å². The van der Waals surface area contributed by atoms with E-state index in [4.69, 9.17) is 13.9 Å². The second-order valence-electron chi connectivity index (χ2n) is 10.3. The van der Waals surface area contributed by atoms with Crippen molar-refractivity contribution in [3.05, 3.63) is 89.4 Å². The van der Waals surface area contributed by atoms with Crippen LogP contribution in [0, 0.1) is 5.82 Å². The van der Waals surface area contributed by atoms with E-state index in [0.29, 0.717) is 29.1 Å². The van der Waals surface area contributed by atoms with Gasteiger partial charge in [-0.25, -0.2) is 8.78 Å². The van der Waals surface area contributed by atoms with Crippen LogP contribution in [0.1, 0.15) is 50.4 Å². The van der Waals surface area contributed by atoms with Gasteiger partial charge in [-0.1, -0.05) is 36.4 Å². The van der Waals surface area contributed by atoms with Crippen LogP contribution in [0.3, 0.4) is 0 Å². The first-order chi connectivity index (χ1) is 19.1. The van der Waals surface area contributed by atoms with Gasteiger partial charge in [-0.15, -0.1) is 4.72 Å². The lowest BCUT2D eigenvalue weighted by Crippen LogP contribution is -2.42. The molecular formula is C31H33F2NO5S. The van der Waals surface area contributed by atoms with Crippen LogP contribution in [0.5, 0.6) is 5.75 Å². The number of carbonyl (C=O) groups excluding carboxylic acids is 1. The highest BCUT2D eigenvalue weighted by Gasteiger charge is 2.31. The number of fused-ring (bicyclic) bond motifs is 1. The lowest BCUT2D eigenvalue weighted by Gasteiger charge is -2.27. The Kier molecular flexibility index (Phi) is 9.50. The molecule has 2 atom stereocenters. The highest BCUT2D eigenvalue weighted by atomic mass is 32.2. The summed E-state index contributed by atoms with van der Waals surface area (Å²) in [5.41, 5.74) is 2.70. The summed E-state index contributed by atoms with van der Waals surface area (Å²) in [5.74, 6) is -0.427. The largest absolute Gasteiger partial charge is 0.598 e. The number of para-hydroxylation sites is 1. The second-order valence-corrected chi connectivity index (χ2v) is 12.3. The summed E-state index contributed by atoms with van der Waals surface area (Å²) < 4.78 is 61.6. The lowest BCUT2D eigenvalue weighted by atomic mass is 9.96. The van der Waals surface area contributed by atoms with E-state index in [0.717, 1.165) is 10.9 Å². The summed E-state index contributed by atoms with van der Waals surface area (Å²) in [4.78, 5) is 12.0. The average molecular weight is 570 g/mol. The van der Waals surface area contributed by atoms with Gasteiger partial charge in [0, 0.05) is 39.0 Å². The molecule has 1 N–H and O–H groups in total. The van der Waals surface area contributed by atoms with Gasteiger partial charge in [-0.2, -0.15) is 0 Å². The predicted molar refractivity (Wildman–Crippen MR) is 152 cm³/mol.